The van der Waals surface area contributed by atoms with E-state index in [0.717, 1.165) is 11.8 Å². The van der Waals surface area contributed by atoms with E-state index in [9.17, 15) is 18.0 Å². The molecular formula is C18H18ClNO5S. The molecule has 2 aromatic carbocycles. The van der Waals surface area contributed by atoms with Crippen molar-refractivity contribution in [2.75, 3.05) is 12.9 Å². The Morgan fingerprint density at radius 2 is 1.85 bits per heavy atom. The zero-order valence-corrected chi connectivity index (χ0v) is 15.8. The first-order valence-electron chi connectivity index (χ1n) is 7.69. The van der Waals surface area contributed by atoms with Gasteiger partial charge in [0.1, 0.15) is 0 Å². The highest BCUT2D eigenvalue weighted by atomic mass is 35.5. The Balaban J connectivity index is 1.99. The third-order valence-electron chi connectivity index (χ3n) is 3.57. The highest BCUT2D eigenvalue weighted by Crippen LogP contribution is 2.18. The number of esters is 1. The van der Waals surface area contributed by atoms with Gasteiger partial charge in [-0.15, -0.1) is 0 Å². The summed E-state index contributed by atoms with van der Waals surface area (Å²) in [7, 11) is -3.59. The minimum atomic E-state index is -3.59. The van der Waals surface area contributed by atoms with Gasteiger partial charge in [0, 0.05) is 11.3 Å². The van der Waals surface area contributed by atoms with E-state index in [-0.39, 0.29) is 16.5 Å². The van der Waals surface area contributed by atoms with Gasteiger partial charge in [0.2, 0.25) is 0 Å². The lowest BCUT2D eigenvalue weighted by Crippen LogP contribution is -2.31. The van der Waals surface area contributed by atoms with E-state index in [0.29, 0.717) is 5.02 Å². The van der Waals surface area contributed by atoms with Gasteiger partial charge in [-0.2, -0.15) is 0 Å². The molecule has 2 rings (SSSR count). The normalized spacial score (nSPS) is 12.3. The molecule has 8 heteroatoms. The van der Waals surface area contributed by atoms with Crippen LogP contribution in [0, 0.1) is 0 Å². The topological polar surface area (TPSA) is 89.5 Å². The van der Waals surface area contributed by atoms with Gasteiger partial charge in [0.25, 0.3) is 5.91 Å². The second-order valence-electron chi connectivity index (χ2n) is 5.69. The fraction of sp³-hybridized carbons (Fsp3) is 0.222. The fourth-order valence-electron chi connectivity index (χ4n) is 2.31. The van der Waals surface area contributed by atoms with Gasteiger partial charge in [0.15, 0.2) is 16.4 Å². The van der Waals surface area contributed by atoms with Crippen LogP contribution in [0.3, 0.4) is 0 Å². The van der Waals surface area contributed by atoms with Crippen molar-refractivity contribution in [3.63, 3.8) is 0 Å². The first kappa shape index (κ1) is 19.9. The van der Waals surface area contributed by atoms with E-state index in [4.69, 9.17) is 16.3 Å². The molecule has 138 valence electrons. The average Bonchev–Trinajstić information content (AvgIpc) is 2.59. The Kier molecular flexibility index (Phi) is 6.39. The molecule has 0 aliphatic rings. The van der Waals surface area contributed by atoms with Gasteiger partial charge >= 0.3 is 5.97 Å². The molecule has 0 unspecified atom stereocenters. The molecule has 1 atom stereocenters. The van der Waals surface area contributed by atoms with Crippen LogP contribution in [0.5, 0.6) is 0 Å². The molecule has 0 saturated heterocycles. The van der Waals surface area contributed by atoms with Crippen molar-refractivity contribution >= 4 is 33.3 Å². The SMILES string of the molecule is C[C@@H](NC(=O)COC(=O)c1ccccc1S(C)(=O)=O)c1cccc(Cl)c1. The number of carbonyl (C=O) groups is 2. The Morgan fingerprint density at radius 1 is 1.15 bits per heavy atom. The van der Waals surface area contributed by atoms with Crippen LogP contribution in [0.25, 0.3) is 0 Å². The maximum absolute atomic E-state index is 12.1. The second kappa shape index (κ2) is 8.33. The number of hydrogen-bond acceptors (Lipinski definition) is 5. The van der Waals surface area contributed by atoms with Crippen molar-refractivity contribution in [3.05, 3.63) is 64.7 Å². The highest BCUT2D eigenvalue weighted by molar-refractivity contribution is 7.90. The molecule has 26 heavy (non-hydrogen) atoms. The van der Waals surface area contributed by atoms with Crippen molar-refractivity contribution in [2.24, 2.45) is 0 Å². The molecule has 0 aliphatic heterocycles. The Morgan fingerprint density at radius 3 is 2.50 bits per heavy atom. The van der Waals surface area contributed by atoms with Crippen LogP contribution in [0.4, 0.5) is 0 Å². The standard InChI is InChI=1S/C18H18ClNO5S/c1-12(13-6-5-7-14(19)10-13)20-17(21)11-25-18(22)15-8-3-4-9-16(15)26(2,23)24/h3-10,12H,11H2,1-2H3,(H,20,21)/t12-/m1/s1. The zero-order valence-electron chi connectivity index (χ0n) is 14.2. The molecule has 2 aromatic rings. The van der Waals surface area contributed by atoms with Crippen molar-refractivity contribution in [3.8, 4) is 0 Å². The van der Waals surface area contributed by atoms with E-state index in [1.165, 1.54) is 24.3 Å². The number of benzene rings is 2. The second-order valence-corrected chi connectivity index (χ2v) is 8.11. The van der Waals surface area contributed by atoms with E-state index in [2.05, 4.69) is 5.32 Å². The predicted octanol–water partition coefficient (Wildman–Crippen LogP) is 2.78. The van der Waals surface area contributed by atoms with Crippen molar-refractivity contribution in [1.29, 1.82) is 0 Å². The molecule has 0 saturated carbocycles. The summed E-state index contributed by atoms with van der Waals surface area (Å²) in [5, 5.41) is 3.23. The lowest BCUT2D eigenvalue weighted by atomic mass is 10.1. The average molecular weight is 396 g/mol. The number of ether oxygens (including phenoxy) is 1. The molecule has 0 fully saturated rings. The summed E-state index contributed by atoms with van der Waals surface area (Å²) in [4.78, 5) is 24.0. The summed E-state index contributed by atoms with van der Waals surface area (Å²) < 4.78 is 28.4. The lowest BCUT2D eigenvalue weighted by molar-refractivity contribution is -0.124. The van der Waals surface area contributed by atoms with Gasteiger partial charge in [-0.1, -0.05) is 35.9 Å². The van der Waals surface area contributed by atoms with E-state index < -0.39 is 28.3 Å². The molecule has 0 radical (unpaired) electrons. The van der Waals surface area contributed by atoms with Gasteiger partial charge in [0.05, 0.1) is 16.5 Å². The third kappa shape index (κ3) is 5.31. The molecule has 0 spiro atoms. The number of nitrogens with one attached hydrogen (secondary N) is 1. The summed E-state index contributed by atoms with van der Waals surface area (Å²) >= 11 is 5.92. The number of rotatable bonds is 6. The number of amides is 1. The van der Waals surface area contributed by atoms with Gasteiger partial charge in [-0.3, -0.25) is 4.79 Å². The quantitative estimate of drug-likeness (QED) is 0.759. The van der Waals surface area contributed by atoms with Crippen molar-refractivity contribution in [2.45, 2.75) is 17.9 Å². The van der Waals surface area contributed by atoms with Crippen LogP contribution in [0.15, 0.2) is 53.4 Å². The molecule has 0 aromatic heterocycles. The first-order valence-corrected chi connectivity index (χ1v) is 9.96. The molecule has 0 heterocycles. The Labute approximate surface area is 157 Å². The minimum Gasteiger partial charge on any atom is -0.452 e. The van der Waals surface area contributed by atoms with E-state index in [1.807, 2.05) is 6.07 Å². The van der Waals surface area contributed by atoms with E-state index in [1.54, 1.807) is 25.1 Å². The molecule has 0 aliphatic carbocycles. The lowest BCUT2D eigenvalue weighted by Gasteiger charge is -2.15. The first-order chi connectivity index (χ1) is 12.2. The molecule has 1 amide bonds. The van der Waals surface area contributed by atoms with Crippen LogP contribution in [0.2, 0.25) is 5.02 Å². The van der Waals surface area contributed by atoms with Crippen LogP contribution in [0.1, 0.15) is 28.9 Å². The molecule has 1 N–H and O–H groups in total. The van der Waals surface area contributed by atoms with E-state index >= 15 is 0 Å². The van der Waals surface area contributed by atoms with Crippen molar-refractivity contribution in [1.82, 2.24) is 5.32 Å². The van der Waals surface area contributed by atoms with Crippen molar-refractivity contribution < 1.29 is 22.7 Å². The molecular weight excluding hydrogens is 378 g/mol. The summed E-state index contributed by atoms with van der Waals surface area (Å²) in [5.41, 5.74) is 0.699. The smallest absolute Gasteiger partial charge is 0.339 e. The Bertz CT molecular complexity index is 927. The van der Waals surface area contributed by atoms with Crippen LogP contribution in [-0.4, -0.2) is 33.2 Å². The van der Waals surface area contributed by atoms with Gasteiger partial charge in [-0.05, 0) is 36.8 Å². The highest BCUT2D eigenvalue weighted by Gasteiger charge is 2.20. The Hall–Kier alpha value is -2.38. The summed E-state index contributed by atoms with van der Waals surface area (Å²) in [5.74, 6) is -1.39. The van der Waals surface area contributed by atoms with Crippen LogP contribution < -0.4 is 5.32 Å². The summed E-state index contributed by atoms with van der Waals surface area (Å²) in [6, 6.07) is 12.4. The number of halogens is 1. The zero-order chi connectivity index (χ0) is 19.3. The summed E-state index contributed by atoms with van der Waals surface area (Å²) in [6.07, 6.45) is 0.999. The van der Waals surface area contributed by atoms with Gasteiger partial charge in [-0.25, -0.2) is 13.2 Å². The maximum atomic E-state index is 12.1. The number of hydrogen-bond donors (Lipinski definition) is 1. The summed E-state index contributed by atoms with van der Waals surface area (Å²) in [6.45, 7) is 1.24. The van der Waals surface area contributed by atoms with Crippen LogP contribution >= 0.6 is 11.6 Å². The van der Waals surface area contributed by atoms with Gasteiger partial charge < -0.3 is 10.1 Å². The number of carbonyl (C=O) groups excluding carboxylic acids is 2. The monoisotopic (exact) mass is 395 g/mol. The predicted molar refractivity (Wildman–Crippen MR) is 97.8 cm³/mol. The maximum Gasteiger partial charge on any atom is 0.339 e. The fourth-order valence-corrected chi connectivity index (χ4v) is 3.39. The number of sulfone groups is 1. The molecule has 0 bridgehead atoms. The largest absolute Gasteiger partial charge is 0.452 e. The minimum absolute atomic E-state index is 0.106. The third-order valence-corrected chi connectivity index (χ3v) is 4.96. The van der Waals surface area contributed by atoms with Crippen LogP contribution in [-0.2, 0) is 19.4 Å². The molecule has 6 nitrogen and oxygen atoms in total.